The SMILES string of the molecule is Cn1nc2c(c1-c1cccc(-c3c4c(nn3C)CCCC4)n1)CCCC2. The predicted octanol–water partition coefficient (Wildman–Crippen LogP) is 3.64. The molecule has 3 heterocycles. The monoisotopic (exact) mass is 347 g/mol. The topological polar surface area (TPSA) is 48.5 Å². The van der Waals surface area contributed by atoms with E-state index in [-0.39, 0.29) is 0 Å². The third kappa shape index (κ3) is 2.41. The van der Waals surface area contributed by atoms with Crippen molar-refractivity contribution in [2.75, 3.05) is 0 Å². The van der Waals surface area contributed by atoms with Gasteiger partial charge in [-0.05, 0) is 63.5 Å². The molecular formula is C21H25N5. The van der Waals surface area contributed by atoms with Crippen molar-refractivity contribution in [3.63, 3.8) is 0 Å². The fourth-order valence-corrected chi connectivity index (χ4v) is 4.70. The van der Waals surface area contributed by atoms with Crippen molar-refractivity contribution in [3.05, 3.63) is 40.7 Å². The van der Waals surface area contributed by atoms with Gasteiger partial charge in [0, 0.05) is 25.2 Å². The highest BCUT2D eigenvalue weighted by Crippen LogP contribution is 2.34. The van der Waals surface area contributed by atoms with E-state index in [2.05, 4.69) is 18.2 Å². The second-order valence-electron chi connectivity index (χ2n) is 7.62. The number of fused-ring (bicyclic) bond motifs is 2. The minimum atomic E-state index is 1.03. The van der Waals surface area contributed by atoms with Crippen LogP contribution in [0.2, 0.25) is 0 Å². The third-order valence-electron chi connectivity index (χ3n) is 5.87. The van der Waals surface area contributed by atoms with E-state index in [1.165, 1.54) is 59.6 Å². The predicted molar refractivity (Wildman–Crippen MR) is 102 cm³/mol. The molecule has 3 aromatic rings. The molecule has 134 valence electrons. The number of pyridine rings is 1. The lowest BCUT2D eigenvalue weighted by molar-refractivity contribution is 0.664. The molecule has 0 saturated carbocycles. The number of aryl methyl sites for hydroxylation is 4. The fourth-order valence-electron chi connectivity index (χ4n) is 4.70. The van der Waals surface area contributed by atoms with Gasteiger partial charge >= 0.3 is 0 Å². The summed E-state index contributed by atoms with van der Waals surface area (Å²) < 4.78 is 4.06. The van der Waals surface area contributed by atoms with E-state index < -0.39 is 0 Å². The maximum Gasteiger partial charge on any atom is 0.0898 e. The van der Waals surface area contributed by atoms with Gasteiger partial charge in [0.05, 0.1) is 34.2 Å². The zero-order valence-corrected chi connectivity index (χ0v) is 15.6. The van der Waals surface area contributed by atoms with E-state index in [0.29, 0.717) is 0 Å². The summed E-state index contributed by atoms with van der Waals surface area (Å²) >= 11 is 0. The van der Waals surface area contributed by atoms with Crippen molar-refractivity contribution in [1.29, 1.82) is 0 Å². The lowest BCUT2D eigenvalue weighted by Gasteiger charge is -2.13. The maximum atomic E-state index is 5.07. The van der Waals surface area contributed by atoms with E-state index in [0.717, 1.165) is 37.1 Å². The Kier molecular flexibility index (Phi) is 3.69. The number of nitrogens with zero attached hydrogens (tertiary/aromatic N) is 5. The molecule has 0 atom stereocenters. The normalized spacial score (nSPS) is 16.4. The Labute approximate surface area is 154 Å². The average Bonchev–Trinajstić information content (AvgIpc) is 3.17. The van der Waals surface area contributed by atoms with Gasteiger partial charge in [-0.25, -0.2) is 4.98 Å². The molecule has 5 nitrogen and oxygen atoms in total. The summed E-state index contributed by atoms with van der Waals surface area (Å²) in [4.78, 5) is 5.07. The first kappa shape index (κ1) is 15.8. The van der Waals surface area contributed by atoms with Gasteiger partial charge in [-0.3, -0.25) is 9.36 Å². The zero-order valence-electron chi connectivity index (χ0n) is 15.6. The van der Waals surface area contributed by atoms with Gasteiger partial charge in [-0.2, -0.15) is 10.2 Å². The molecule has 0 aliphatic heterocycles. The van der Waals surface area contributed by atoms with E-state index in [9.17, 15) is 0 Å². The molecule has 0 spiro atoms. The van der Waals surface area contributed by atoms with Gasteiger partial charge in [0.2, 0.25) is 0 Å². The van der Waals surface area contributed by atoms with Gasteiger partial charge < -0.3 is 0 Å². The van der Waals surface area contributed by atoms with Crippen molar-refractivity contribution in [2.45, 2.75) is 51.4 Å². The molecule has 2 aliphatic carbocycles. The Bertz CT molecular complexity index is 903. The lowest BCUT2D eigenvalue weighted by Crippen LogP contribution is -2.03. The van der Waals surface area contributed by atoms with Crippen LogP contribution in [0.5, 0.6) is 0 Å². The molecular weight excluding hydrogens is 322 g/mol. The molecule has 0 radical (unpaired) electrons. The molecule has 2 aliphatic rings. The first-order chi connectivity index (χ1) is 12.7. The minimum Gasteiger partial charge on any atom is -0.266 e. The lowest BCUT2D eigenvalue weighted by atomic mass is 9.94. The average molecular weight is 347 g/mol. The number of rotatable bonds is 2. The van der Waals surface area contributed by atoms with Gasteiger partial charge in [0.25, 0.3) is 0 Å². The Morgan fingerprint density at radius 3 is 1.65 bits per heavy atom. The van der Waals surface area contributed by atoms with Crippen LogP contribution in [-0.2, 0) is 39.8 Å². The minimum absolute atomic E-state index is 1.03. The highest BCUT2D eigenvalue weighted by Gasteiger charge is 2.24. The van der Waals surface area contributed by atoms with Crippen LogP contribution in [-0.4, -0.2) is 24.5 Å². The van der Waals surface area contributed by atoms with Gasteiger partial charge in [-0.15, -0.1) is 0 Å². The van der Waals surface area contributed by atoms with E-state index >= 15 is 0 Å². The Morgan fingerprint density at radius 1 is 0.692 bits per heavy atom. The Hall–Kier alpha value is -2.43. The summed E-state index contributed by atoms with van der Waals surface area (Å²) in [5.74, 6) is 0. The highest BCUT2D eigenvalue weighted by atomic mass is 15.3. The van der Waals surface area contributed by atoms with Crippen LogP contribution in [0.25, 0.3) is 22.8 Å². The van der Waals surface area contributed by atoms with E-state index in [4.69, 9.17) is 15.2 Å². The van der Waals surface area contributed by atoms with Crippen LogP contribution < -0.4 is 0 Å². The summed E-state index contributed by atoms with van der Waals surface area (Å²) in [7, 11) is 4.10. The van der Waals surface area contributed by atoms with Gasteiger partial charge in [0.15, 0.2) is 0 Å². The van der Waals surface area contributed by atoms with Gasteiger partial charge in [0.1, 0.15) is 0 Å². The van der Waals surface area contributed by atoms with Crippen LogP contribution >= 0.6 is 0 Å². The van der Waals surface area contributed by atoms with Crippen molar-refractivity contribution in [3.8, 4) is 22.8 Å². The smallest absolute Gasteiger partial charge is 0.0898 e. The van der Waals surface area contributed by atoms with E-state index in [1.807, 2.05) is 23.5 Å². The molecule has 0 saturated heterocycles. The first-order valence-electron chi connectivity index (χ1n) is 9.79. The van der Waals surface area contributed by atoms with Crippen LogP contribution in [0.3, 0.4) is 0 Å². The van der Waals surface area contributed by atoms with Crippen LogP contribution in [0.1, 0.15) is 48.2 Å². The zero-order chi connectivity index (χ0) is 17.7. The number of hydrogen-bond donors (Lipinski definition) is 0. The largest absolute Gasteiger partial charge is 0.266 e. The maximum absolute atomic E-state index is 5.07. The van der Waals surface area contributed by atoms with Crippen LogP contribution in [0.15, 0.2) is 18.2 Å². The summed E-state index contributed by atoms with van der Waals surface area (Å²) in [6.07, 6.45) is 9.42. The van der Waals surface area contributed by atoms with Gasteiger partial charge in [-0.1, -0.05) is 6.07 Å². The first-order valence-corrected chi connectivity index (χ1v) is 9.79. The van der Waals surface area contributed by atoms with Crippen molar-refractivity contribution < 1.29 is 0 Å². The molecule has 26 heavy (non-hydrogen) atoms. The van der Waals surface area contributed by atoms with Crippen molar-refractivity contribution in [1.82, 2.24) is 24.5 Å². The molecule has 0 amide bonds. The van der Waals surface area contributed by atoms with E-state index in [1.54, 1.807) is 0 Å². The highest BCUT2D eigenvalue weighted by molar-refractivity contribution is 5.68. The van der Waals surface area contributed by atoms with Crippen LogP contribution in [0, 0.1) is 0 Å². The van der Waals surface area contributed by atoms with Crippen molar-refractivity contribution in [2.24, 2.45) is 14.1 Å². The fraction of sp³-hybridized carbons (Fsp3) is 0.476. The summed E-state index contributed by atoms with van der Waals surface area (Å²) in [6, 6.07) is 6.37. The molecule has 0 N–H and O–H groups in total. The number of aromatic nitrogens is 5. The second-order valence-corrected chi connectivity index (χ2v) is 7.62. The summed E-state index contributed by atoms with van der Waals surface area (Å²) in [5, 5.41) is 9.53. The molecule has 0 unspecified atom stereocenters. The molecule has 5 heteroatoms. The molecule has 3 aromatic heterocycles. The Balaban J connectivity index is 1.64. The Morgan fingerprint density at radius 2 is 1.15 bits per heavy atom. The summed E-state index contributed by atoms with van der Waals surface area (Å²) in [5.41, 5.74) is 9.77. The molecule has 0 fully saturated rings. The number of hydrogen-bond acceptors (Lipinski definition) is 3. The molecule has 0 bridgehead atoms. The summed E-state index contributed by atoms with van der Waals surface area (Å²) in [6.45, 7) is 0. The standard InChI is InChI=1S/C21H25N5/c1-25-20(14-8-3-5-10-16(14)23-25)18-12-7-13-19(22-18)21-15-9-4-6-11-17(15)24-26(21)2/h7,12-13H,3-6,8-11H2,1-2H3. The van der Waals surface area contributed by atoms with Crippen LogP contribution in [0.4, 0.5) is 0 Å². The second kappa shape index (κ2) is 6.08. The molecule has 5 rings (SSSR count). The third-order valence-corrected chi connectivity index (χ3v) is 5.87. The molecule has 0 aromatic carbocycles. The van der Waals surface area contributed by atoms with Crippen molar-refractivity contribution >= 4 is 0 Å². The quantitative estimate of drug-likeness (QED) is 0.711.